The van der Waals surface area contributed by atoms with Crippen LogP contribution in [-0.2, 0) is 0 Å². The van der Waals surface area contributed by atoms with Gasteiger partial charge in [0.1, 0.15) is 5.82 Å². The van der Waals surface area contributed by atoms with E-state index in [9.17, 15) is 0 Å². The van der Waals surface area contributed by atoms with Gasteiger partial charge in [-0.3, -0.25) is 15.0 Å². The van der Waals surface area contributed by atoms with Crippen molar-refractivity contribution in [3.63, 3.8) is 0 Å². The molecule has 12 heterocycles. The first-order chi connectivity index (χ1) is 67.5. The van der Waals surface area contributed by atoms with Crippen LogP contribution in [0, 0.1) is 0 Å². The topological polar surface area (TPSA) is 90.5 Å². The van der Waals surface area contributed by atoms with Crippen LogP contribution in [0.3, 0.4) is 0 Å². The molecule has 644 valence electrons. The van der Waals surface area contributed by atoms with Gasteiger partial charge in [-0.1, -0.05) is 273 Å². The van der Waals surface area contributed by atoms with E-state index in [4.69, 9.17) is 9.97 Å². The zero-order valence-corrected chi connectivity index (χ0v) is 74.3. The lowest BCUT2D eigenvalue weighted by Crippen LogP contribution is -2.06. The molecule has 0 bridgehead atoms. The molecule has 11 aromatic heterocycles. The fourth-order valence-corrected chi connectivity index (χ4v) is 20.8. The van der Waals surface area contributed by atoms with Gasteiger partial charge in [0.15, 0.2) is 0 Å². The van der Waals surface area contributed by atoms with Crippen molar-refractivity contribution in [2.45, 2.75) is 18.4 Å². The minimum atomic E-state index is 0.319. The summed E-state index contributed by atoms with van der Waals surface area (Å²) in [6.07, 6.45) is 30.5. The maximum absolute atomic E-state index is 4.81. The molecule has 12 nitrogen and oxygen atoms in total. The van der Waals surface area contributed by atoms with Crippen molar-refractivity contribution in [2.75, 3.05) is 6.54 Å². The molecule has 0 fully saturated rings. The number of rotatable bonds is 12. The van der Waals surface area contributed by atoms with E-state index in [1.165, 1.54) is 159 Å². The monoisotopic (exact) mass is 1740 g/mol. The molecule has 28 rings (SSSR count). The van der Waals surface area contributed by atoms with E-state index in [1.807, 2.05) is 73.3 Å². The van der Waals surface area contributed by atoms with Crippen molar-refractivity contribution in [1.29, 1.82) is 0 Å². The summed E-state index contributed by atoms with van der Waals surface area (Å²) in [7, 11) is 0. The summed E-state index contributed by atoms with van der Waals surface area (Å²) >= 11 is 0. The Morgan fingerprint density at radius 2 is 0.647 bits per heavy atom. The lowest BCUT2D eigenvalue weighted by atomic mass is 9.97. The summed E-state index contributed by atoms with van der Waals surface area (Å²) in [6.45, 7) is 0.824. The minimum absolute atomic E-state index is 0.319. The van der Waals surface area contributed by atoms with E-state index in [-0.39, 0.29) is 0 Å². The lowest BCUT2D eigenvalue weighted by Gasteiger charge is -2.19. The Kier molecular flexibility index (Phi) is 20.2. The standard InChI is InChI=1S/2C31H21N3.2C31H23N3/c1-3-9-22(10-4-1)23-15-18-30(32-21-23)33-20-19-27-28(33)17-16-26-25-13-7-8-14-29(25)34(31(26)27)24-11-5-2-6-12-24;1-3-9-22(10-4-1)28-17-15-24(21-32-28)33-20-19-27-29(33)18-16-26-25-13-7-8-14-30(25)34(31(26)27)23-11-5-2-6-12-23;1-2-8-24(9-3-1)34-30-12-5-4-10-25(30)26-17-18-29-27(31(26)34)19-21-33(29)23-15-13-22(14-16-23)28-11-6-7-20-32-28;1-2-8-25(9-3-1)34-30-11-5-4-10-26(30)27-16-17-29-28(31(27)34)18-20-33(29)24-14-12-22(13-15-24)23-7-6-19-32-21-23/h2*1-21H;1-8,10-21,24H,9H2;1-20,23H,21H2. The predicted molar refractivity (Wildman–Crippen MR) is 566 cm³/mol. The molecule has 0 amide bonds. The fourth-order valence-electron chi connectivity index (χ4n) is 20.8. The van der Waals surface area contributed by atoms with Gasteiger partial charge in [-0.05, 0) is 193 Å². The average Bonchev–Trinajstić information content (AvgIpc) is 1.58. The first-order valence-electron chi connectivity index (χ1n) is 46.5. The Morgan fingerprint density at radius 3 is 1.11 bits per heavy atom. The third kappa shape index (κ3) is 14.1. The second kappa shape index (κ2) is 34.4. The molecule has 15 aromatic carbocycles. The summed E-state index contributed by atoms with van der Waals surface area (Å²) in [5.74, 6) is 1.28. The molecule has 0 spiro atoms. The van der Waals surface area contributed by atoms with Gasteiger partial charge in [0.2, 0.25) is 0 Å². The zero-order valence-electron chi connectivity index (χ0n) is 74.3. The molecular weight excluding hydrogens is 1660 g/mol. The van der Waals surface area contributed by atoms with Crippen LogP contribution in [0.25, 0.3) is 204 Å². The van der Waals surface area contributed by atoms with Crippen LogP contribution in [0.4, 0.5) is 0 Å². The van der Waals surface area contributed by atoms with Crippen LogP contribution in [0.2, 0.25) is 0 Å². The molecule has 0 radical (unpaired) electrons. The fraction of sp³-hybridized carbons (Fsp3) is 0.0323. The van der Waals surface area contributed by atoms with Crippen molar-refractivity contribution in [2.24, 2.45) is 4.99 Å². The number of para-hydroxylation sites is 7. The first kappa shape index (κ1) is 80.1. The molecule has 12 heteroatoms. The summed E-state index contributed by atoms with van der Waals surface area (Å²) in [5.41, 5.74) is 29.4. The Labute approximate surface area is 784 Å². The van der Waals surface area contributed by atoms with E-state index in [0.29, 0.717) is 12.0 Å². The van der Waals surface area contributed by atoms with Gasteiger partial charge in [-0.2, -0.15) is 0 Å². The van der Waals surface area contributed by atoms with Crippen LogP contribution in [0.5, 0.6) is 0 Å². The molecule has 26 aromatic rings. The number of allylic oxidation sites excluding steroid dienone is 5. The Hall–Kier alpha value is -18.0. The number of hydrogen-bond donors (Lipinski definition) is 0. The molecule has 0 N–H and O–H groups in total. The Balaban J connectivity index is 0.0000000965. The molecule has 0 saturated carbocycles. The van der Waals surface area contributed by atoms with Crippen molar-refractivity contribution >= 4 is 137 Å². The van der Waals surface area contributed by atoms with E-state index >= 15 is 0 Å². The SMILES string of the molecule is C1=CC(c2ccc(-n3ccc4c3ccc3c5ccccc5n(-c5ccccc5)c34)cc2)CN=C1.C1=CCC(n2c3ccccc3c3ccc4c(ccn4-c4ccc(-c5ccccn5)cc4)c32)C=C1.c1ccc(-c2ccc(-n3ccc4c3ccc3c5ccccc5n(-c5ccccc5)c34)cn2)cc1.c1ccc(-c2ccc(-n3ccc4c3ccc3c5ccccc5n(-c5ccccc5)c34)nc2)cc1. The molecule has 1 aliphatic carbocycles. The summed E-state index contributed by atoms with van der Waals surface area (Å²) in [5, 5.41) is 15.2. The van der Waals surface area contributed by atoms with Crippen LogP contribution < -0.4 is 0 Å². The Bertz CT molecular complexity index is 8830. The summed E-state index contributed by atoms with van der Waals surface area (Å²) in [6, 6.07) is 147. The number of nitrogens with zero attached hydrogens (tertiary/aromatic N) is 12. The van der Waals surface area contributed by atoms with E-state index in [2.05, 4.69) is 472 Å². The van der Waals surface area contributed by atoms with E-state index < -0.39 is 0 Å². The van der Waals surface area contributed by atoms with Gasteiger partial charge in [0, 0.05) is 171 Å². The normalized spacial score (nSPS) is 13.6. The van der Waals surface area contributed by atoms with E-state index in [1.54, 1.807) is 0 Å². The molecule has 136 heavy (non-hydrogen) atoms. The largest absolute Gasteiger partial charge is 0.333 e. The van der Waals surface area contributed by atoms with Gasteiger partial charge in [0.05, 0.1) is 90.0 Å². The highest BCUT2D eigenvalue weighted by molar-refractivity contribution is 6.22. The van der Waals surface area contributed by atoms with E-state index in [0.717, 1.165) is 63.8 Å². The highest BCUT2D eigenvalue weighted by atomic mass is 15.1. The first-order valence-corrected chi connectivity index (χ1v) is 46.5. The highest BCUT2D eigenvalue weighted by Crippen LogP contribution is 2.45. The van der Waals surface area contributed by atoms with Gasteiger partial charge in [-0.15, -0.1) is 0 Å². The quantitative estimate of drug-likeness (QED) is 0.122. The maximum atomic E-state index is 4.81. The van der Waals surface area contributed by atoms with Gasteiger partial charge < -0.3 is 36.5 Å². The minimum Gasteiger partial charge on any atom is -0.333 e. The van der Waals surface area contributed by atoms with Crippen molar-refractivity contribution < 1.29 is 0 Å². The molecule has 2 unspecified atom stereocenters. The average molecular weight is 1750 g/mol. The second-order valence-corrected chi connectivity index (χ2v) is 34.8. The smallest absolute Gasteiger partial charge is 0.137 e. The number of aromatic nitrogens is 11. The summed E-state index contributed by atoms with van der Waals surface area (Å²) < 4.78 is 18.7. The third-order valence-electron chi connectivity index (χ3n) is 27.1. The molecule has 0 saturated heterocycles. The molecule has 1 aliphatic heterocycles. The maximum Gasteiger partial charge on any atom is 0.137 e. The lowest BCUT2D eigenvalue weighted by molar-refractivity contribution is 0.649. The van der Waals surface area contributed by atoms with Crippen LogP contribution in [0.15, 0.2) is 497 Å². The van der Waals surface area contributed by atoms with Gasteiger partial charge >= 0.3 is 0 Å². The third-order valence-corrected chi connectivity index (χ3v) is 27.1. The number of pyridine rings is 3. The Morgan fingerprint density at radius 1 is 0.235 bits per heavy atom. The predicted octanol–water partition coefficient (Wildman–Crippen LogP) is 30.9. The van der Waals surface area contributed by atoms with Crippen LogP contribution in [-0.4, -0.2) is 64.2 Å². The van der Waals surface area contributed by atoms with Crippen molar-refractivity contribution in [1.82, 2.24) is 51.5 Å². The second-order valence-electron chi connectivity index (χ2n) is 34.8. The zero-order chi connectivity index (χ0) is 89.9. The van der Waals surface area contributed by atoms with Crippen LogP contribution in [0.1, 0.15) is 23.9 Å². The van der Waals surface area contributed by atoms with Gasteiger partial charge in [-0.25, -0.2) is 4.98 Å². The number of dihydropyridines is 1. The number of fused-ring (bicyclic) bond motifs is 20. The number of hydrogen-bond acceptors (Lipinski definition) is 4. The number of benzene rings is 15. The molecule has 2 atom stereocenters. The highest BCUT2D eigenvalue weighted by Gasteiger charge is 2.25. The van der Waals surface area contributed by atoms with Crippen molar-refractivity contribution in [3.05, 3.63) is 498 Å². The van der Waals surface area contributed by atoms with Crippen LogP contribution >= 0.6 is 0 Å². The summed E-state index contributed by atoms with van der Waals surface area (Å²) in [4.78, 5) is 18.4. The molecular formula is C124H88N12. The number of aliphatic imine (C=N–C) groups is 1. The molecule has 2 aliphatic rings. The van der Waals surface area contributed by atoms with Crippen molar-refractivity contribution in [3.8, 4) is 73.6 Å². The van der Waals surface area contributed by atoms with Gasteiger partial charge in [0.25, 0.3) is 0 Å².